The van der Waals surface area contributed by atoms with E-state index in [0.29, 0.717) is 12.3 Å². The second-order valence-corrected chi connectivity index (χ2v) is 8.44. The third kappa shape index (κ3) is 5.48. The smallest absolute Gasteiger partial charge is 0.545 e. The predicted molar refractivity (Wildman–Crippen MR) is 127 cm³/mol. The molecular formula is C26H22LiN3O2S. The van der Waals surface area contributed by atoms with Gasteiger partial charge in [0, 0.05) is 18.5 Å². The van der Waals surface area contributed by atoms with E-state index in [0.717, 1.165) is 0 Å². The van der Waals surface area contributed by atoms with Gasteiger partial charge in [-0.1, -0.05) is 91.0 Å². The number of benzene rings is 3. The van der Waals surface area contributed by atoms with E-state index < -0.39 is 10.7 Å². The Hall–Kier alpha value is -3.04. The molecule has 1 aromatic heterocycles. The maximum atomic E-state index is 11.3. The van der Waals surface area contributed by atoms with Gasteiger partial charge >= 0.3 is 18.9 Å². The van der Waals surface area contributed by atoms with E-state index >= 15 is 0 Å². The van der Waals surface area contributed by atoms with Crippen LogP contribution >= 0.6 is 11.8 Å². The Morgan fingerprint density at radius 1 is 0.848 bits per heavy atom. The monoisotopic (exact) mass is 447 g/mol. The molecule has 0 unspecified atom stereocenters. The van der Waals surface area contributed by atoms with Gasteiger partial charge in [0.15, 0.2) is 0 Å². The summed E-state index contributed by atoms with van der Waals surface area (Å²) >= 11 is 1.79. The summed E-state index contributed by atoms with van der Waals surface area (Å²) < 4.78 is -0.422. The number of carbonyl (C=O) groups excluding carboxylic acids is 1. The third-order valence-corrected chi connectivity index (χ3v) is 6.73. The van der Waals surface area contributed by atoms with Crippen molar-refractivity contribution in [3.05, 3.63) is 126 Å². The molecule has 0 bridgehead atoms. The van der Waals surface area contributed by atoms with E-state index in [-0.39, 0.29) is 30.2 Å². The van der Waals surface area contributed by atoms with Crippen molar-refractivity contribution >= 4 is 23.5 Å². The first-order valence-corrected chi connectivity index (χ1v) is 11.3. The summed E-state index contributed by atoms with van der Waals surface area (Å²) in [5.74, 6) is -0.326. The number of hydrogen-bond donors (Lipinski definition) is 1. The van der Waals surface area contributed by atoms with Crippen LogP contribution in [0.3, 0.4) is 0 Å². The van der Waals surface area contributed by atoms with Gasteiger partial charge in [-0.25, -0.2) is 9.97 Å². The number of carbonyl (C=O) groups is 1. The van der Waals surface area contributed by atoms with Gasteiger partial charge in [-0.3, -0.25) is 0 Å². The van der Waals surface area contributed by atoms with Crippen LogP contribution in [0, 0.1) is 0 Å². The third-order valence-electron chi connectivity index (χ3n) is 5.19. The van der Waals surface area contributed by atoms with E-state index in [1.165, 1.54) is 29.2 Å². The molecule has 3 aromatic carbocycles. The number of nitrogens with zero attached hydrogens (tertiary/aromatic N) is 2. The second-order valence-electron chi connectivity index (χ2n) is 7.13. The number of anilines is 1. The number of carboxylic acid groups (broad SMARTS) is 1. The Bertz CT molecular complexity index is 1070. The molecule has 0 saturated carbocycles. The molecule has 160 valence electrons. The number of nitrogens with one attached hydrogen (secondary N) is 1. The fraction of sp³-hybridized carbons (Fsp3) is 0.115. The number of carboxylic acids is 1. The minimum Gasteiger partial charge on any atom is -0.545 e. The molecule has 33 heavy (non-hydrogen) atoms. The maximum Gasteiger partial charge on any atom is 1.00 e. The van der Waals surface area contributed by atoms with Crippen molar-refractivity contribution in [1.29, 1.82) is 0 Å². The van der Waals surface area contributed by atoms with Crippen molar-refractivity contribution in [1.82, 2.24) is 9.97 Å². The molecule has 1 N–H and O–H groups in total. The molecule has 0 spiro atoms. The van der Waals surface area contributed by atoms with Crippen molar-refractivity contribution in [3.8, 4) is 0 Å². The van der Waals surface area contributed by atoms with Crippen LogP contribution < -0.4 is 29.3 Å². The van der Waals surface area contributed by atoms with E-state index in [9.17, 15) is 9.90 Å². The first-order chi connectivity index (χ1) is 15.7. The molecule has 0 aliphatic carbocycles. The Morgan fingerprint density at radius 2 is 1.33 bits per heavy atom. The summed E-state index contributed by atoms with van der Waals surface area (Å²) in [6.07, 6.45) is 2.57. The number of rotatable bonds is 9. The summed E-state index contributed by atoms with van der Waals surface area (Å²) in [4.78, 5) is 19.2. The fourth-order valence-corrected chi connectivity index (χ4v) is 5.18. The van der Waals surface area contributed by atoms with E-state index in [1.54, 1.807) is 11.8 Å². The first kappa shape index (κ1) is 24.6. The average Bonchev–Trinajstić information content (AvgIpc) is 2.86. The molecule has 0 radical (unpaired) electrons. The van der Waals surface area contributed by atoms with Crippen LogP contribution in [0.15, 0.2) is 104 Å². The maximum absolute atomic E-state index is 11.3. The first-order valence-electron chi connectivity index (χ1n) is 10.3. The molecule has 4 rings (SSSR count). The van der Waals surface area contributed by atoms with Crippen molar-refractivity contribution in [2.24, 2.45) is 0 Å². The van der Waals surface area contributed by atoms with E-state index in [2.05, 4.69) is 88.1 Å². The molecule has 7 heteroatoms. The van der Waals surface area contributed by atoms with Crippen LogP contribution in [0.2, 0.25) is 0 Å². The summed E-state index contributed by atoms with van der Waals surface area (Å²) in [6, 6.07) is 31.3. The quantitative estimate of drug-likeness (QED) is 0.234. The topological polar surface area (TPSA) is 77.9 Å². The van der Waals surface area contributed by atoms with Crippen molar-refractivity contribution in [3.63, 3.8) is 0 Å². The van der Waals surface area contributed by atoms with Crippen molar-refractivity contribution in [2.45, 2.75) is 4.75 Å². The van der Waals surface area contributed by atoms with Crippen LogP contribution in [0.4, 0.5) is 5.82 Å². The molecule has 0 saturated heterocycles. The summed E-state index contributed by atoms with van der Waals surface area (Å²) in [7, 11) is 0. The van der Waals surface area contributed by atoms with Gasteiger partial charge in [0.1, 0.15) is 12.1 Å². The van der Waals surface area contributed by atoms with Crippen molar-refractivity contribution in [2.75, 3.05) is 17.6 Å². The normalized spacial score (nSPS) is 10.8. The molecule has 4 aromatic rings. The molecule has 0 aliphatic heterocycles. The number of hydrogen-bond acceptors (Lipinski definition) is 6. The van der Waals surface area contributed by atoms with E-state index in [1.807, 2.05) is 18.2 Å². The molecular weight excluding hydrogens is 425 g/mol. The number of aromatic carboxylic acids is 1. The Morgan fingerprint density at radius 3 is 1.79 bits per heavy atom. The molecule has 0 aliphatic rings. The van der Waals surface area contributed by atoms with Gasteiger partial charge in [-0.05, 0) is 16.7 Å². The van der Waals surface area contributed by atoms with Crippen LogP contribution in [-0.4, -0.2) is 28.2 Å². The zero-order chi connectivity index (χ0) is 22.2. The summed E-state index contributed by atoms with van der Waals surface area (Å²) in [6.45, 7) is 0.524. The van der Waals surface area contributed by atoms with Gasteiger partial charge in [-0.2, -0.15) is 0 Å². The zero-order valence-electron chi connectivity index (χ0n) is 18.3. The van der Waals surface area contributed by atoms with Crippen LogP contribution in [0.1, 0.15) is 27.0 Å². The molecule has 0 atom stereocenters. The summed E-state index contributed by atoms with van der Waals surface area (Å²) in [5, 5.41) is 14.5. The Kier molecular flexibility index (Phi) is 8.73. The largest absolute Gasteiger partial charge is 1.00 e. The second kappa shape index (κ2) is 11.7. The van der Waals surface area contributed by atoms with Gasteiger partial charge in [0.25, 0.3) is 0 Å². The van der Waals surface area contributed by atoms with Crippen LogP contribution in [0.25, 0.3) is 0 Å². The number of thioether (sulfide) groups is 1. The van der Waals surface area contributed by atoms with Crippen molar-refractivity contribution < 1.29 is 28.8 Å². The molecule has 5 nitrogen and oxygen atoms in total. The zero-order valence-corrected chi connectivity index (χ0v) is 19.2. The van der Waals surface area contributed by atoms with Gasteiger partial charge < -0.3 is 15.2 Å². The summed E-state index contributed by atoms with van der Waals surface area (Å²) in [5.41, 5.74) is 3.50. The predicted octanol–water partition coefficient (Wildman–Crippen LogP) is 0.981. The Labute approximate surface area is 209 Å². The standard InChI is InChI=1S/C26H23N3O2S.Li/c30-25(31)23-18-27-19-29-24(23)28-16-17-32-26(20-10-4-1-5-11-20,21-12-6-2-7-13-21)22-14-8-3-9-15-22;/h1-15,18-19H,16-17H2,(H,30,31)(H,27,28,29);/q;+1/p-1. The fourth-order valence-electron chi connectivity index (χ4n) is 3.76. The minimum absolute atomic E-state index is 0. The molecule has 0 amide bonds. The van der Waals surface area contributed by atoms with Crippen LogP contribution in [-0.2, 0) is 4.75 Å². The minimum atomic E-state index is -1.30. The van der Waals surface area contributed by atoms with Crippen LogP contribution in [0.5, 0.6) is 0 Å². The number of aromatic nitrogens is 2. The van der Waals surface area contributed by atoms with Gasteiger partial charge in [-0.15, -0.1) is 11.8 Å². The average molecular weight is 447 g/mol. The Balaban J connectivity index is 0.00000306. The SMILES string of the molecule is O=C([O-])c1cncnc1NCCSC(c1ccccc1)(c1ccccc1)c1ccccc1.[Li+]. The van der Waals surface area contributed by atoms with E-state index in [4.69, 9.17) is 0 Å². The van der Waals surface area contributed by atoms with Gasteiger partial charge in [0.05, 0.1) is 16.3 Å². The molecule has 1 heterocycles. The molecule has 0 fully saturated rings. The van der Waals surface area contributed by atoms with Gasteiger partial charge in [0.2, 0.25) is 0 Å².